The number of amides is 1. The van der Waals surface area contributed by atoms with Crippen molar-refractivity contribution in [2.75, 3.05) is 46.8 Å². The average molecular weight is 396 g/mol. The van der Waals surface area contributed by atoms with Gasteiger partial charge in [-0.1, -0.05) is 12.1 Å². The van der Waals surface area contributed by atoms with Crippen LogP contribution in [0, 0.1) is 5.41 Å². The van der Waals surface area contributed by atoms with Crippen LogP contribution in [0.5, 0.6) is 0 Å². The largest absolute Gasteiger partial charge is 0.341 e. The SMILES string of the molecule is CN(C)CCN1CC2(CCC1=O)CCN(Cc1ccc(-n3ccnc3)cc1)CC2. The van der Waals surface area contributed by atoms with Gasteiger partial charge in [-0.3, -0.25) is 9.69 Å². The lowest BCUT2D eigenvalue weighted by Gasteiger charge is -2.47. The van der Waals surface area contributed by atoms with Gasteiger partial charge >= 0.3 is 0 Å². The second-order valence-electron chi connectivity index (χ2n) is 9.03. The summed E-state index contributed by atoms with van der Waals surface area (Å²) in [5.41, 5.74) is 2.84. The summed E-state index contributed by atoms with van der Waals surface area (Å²) in [6, 6.07) is 8.78. The van der Waals surface area contributed by atoms with Crippen LogP contribution in [0.2, 0.25) is 0 Å². The highest BCUT2D eigenvalue weighted by atomic mass is 16.2. The fraction of sp³-hybridized carbons (Fsp3) is 0.565. The van der Waals surface area contributed by atoms with Gasteiger partial charge < -0.3 is 14.4 Å². The van der Waals surface area contributed by atoms with Gasteiger partial charge in [-0.25, -0.2) is 4.98 Å². The normalized spacial score (nSPS) is 20.0. The zero-order chi connectivity index (χ0) is 20.3. The van der Waals surface area contributed by atoms with Crippen molar-refractivity contribution in [3.05, 3.63) is 48.5 Å². The number of aromatic nitrogens is 2. The Morgan fingerprint density at radius 3 is 2.52 bits per heavy atom. The first-order valence-corrected chi connectivity index (χ1v) is 10.8. The third-order valence-corrected chi connectivity index (χ3v) is 6.63. The van der Waals surface area contributed by atoms with Gasteiger partial charge in [-0.15, -0.1) is 0 Å². The maximum Gasteiger partial charge on any atom is 0.222 e. The van der Waals surface area contributed by atoms with Gasteiger partial charge in [0.05, 0.1) is 6.33 Å². The maximum absolute atomic E-state index is 12.3. The van der Waals surface area contributed by atoms with Crippen molar-refractivity contribution in [1.29, 1.82) is 0 Å². The number of carbonyl (C=O) groups is 1. The van der Waals surface area contributed by atoms with Crippen LogP contribution in [0.25, 0.3) is 5.69 Å². The fourth-order valence-corrected chi connectivity index (χ4v) is 4.66. The molecule has 6 heteroatoms. The van der Waals surface area contributed by atoms with Gasteiger partial charge in [-0.05, 0) is 69.6 Å². The van der Waals surface area contributed by atoms with E-state index in [2.05, 4.69) is 58.0 Å². The Balaban J connectivity index is 1.30. The lowest BCUT2D eigenvalue weighted by molar-refractivity contribution is -0.139. The van der Waals surface area contributed by atoms with Crippen LogP contribution >= 0.6 is 0 Å². The quantitative estimate of drug-likeness (QED) is 0.754. The topological polar surface area (TPSA) is 44.6 Å². The minimum absolute atomic E-state index is 0.335. The molecule has 2 aromatic rings. The van der Waals surface area contributed by atoms with E-state index in [9.17, 15) is 4.79 Å². The molecule has 6 nitrogen and oxygen atoms in total. The Kier molecular flexibility index (Phi) is 6.01. The molecule has 0 bridgehead atoms. The van der Waals surface area contributed by atoms with Crippen LogP contribution in [0.4, 0.5) is 0 Å². The van der Waals surface area contributed by atoms with E-state index in [-0.39, 0.29) is 0 Å². The monoisotopic (exact) mass is 395 g/mol. The Bertz CT molecular complexity index is 791. The van der Waals surface area contributed by atoms with E-state index in [1.165, 1.54) is 18.4 Å². The predicted octanol–water partition coefficient (Wildman–Crippen LogP) is 2.64. The number of likely N-dealkylation sites (N-methyl/N-ethyl adjacent to an activating group) is 1. The van der Waals surface area contributed by atoms with E-state index in [0.717, 1.165) is 57.8 Å². The van der Waals surface area contributed by atoms with Gasteiger partial charge in [-0.2, -0.15) is 0 Å². The first-order chi connectivity index (χ1) is 14.0. The molecule has 1 spiro atoms. The van der Waals surface area contributed by atoms with Gasteiger partial charge in [0.15, 0.2) is 0 Å². The Morgan fingerprint density at radius 1 is 1.10 bits per heavy atom. The Hall–Kier alpha value is -2.18. The summed E-state index contributed by atoms with van der Waals surface area (Å²) in [5, 5.41) is 0. The fourth-order valence-electron chi connectivity index (χ4n) is 4.66. The van der Waals surface area contributed by atoms with Crippen LogP contribution in [0.3, 0.4) is 0 Å². The molecule has 0 radical (unpaired) electrons. The summed E-state index contributed by atoms with van der Waals surface area (Å²) in [6.45, 7) is 6.01. The number of imidazole rings is 1. The van der Waals surface area contributed by atoms with Crippen molar-refractivity contribution in [3.8, 4) is 5.69 Å². The molecule has 2 fully saturated rings. The van der Waals surface area contributed by atoms with Crippen LogP contribution in [0.1, 0.15) is 31.2 Å². The van der Waals surface area contributed by atoms with Crippen LogP contribution in [-0.2, 0) is 11.3 Å². The molecule has 2 aliphatic heterocycles. The summed E-state index contributed by atoms with van der Waals surface area (Å²) < 4.78 is 2.03. The zero-order valence-electron chi connectivity index (χ0n) is 17.8. The molecule has 156 valence electrons. The highest BCUT2D eigenvalue weighted by Crippen LogP contribution is 2.40. The number of rotatable bonds is 6. The molecule has 0 unspecified atom stereocenters. The molecule has 4 rings (SSSR count). The number of nitrogens with zero attached hydrogens (tertiary/aromatic N) is 5. The molecule has 1 amide bonds. The molecule has 0 aliphatic carbocycles. The molecule has 0 atom stereocenters. The number of piperidine rings is 2. The molecular formula is C23H33N5O. The average Bonchev–Trinajstić information content (AvgIpc) is 3.26. The van der Waals surface area contributed by atoms with Crippen molar-refractivity contribution < 1.29 is 4.79 Å². The van der Waals surface area contributed by atoms with Gasteiger partial charge in [0, 0.05) is 50.7 Å². The van der Waals surface area contributed by atoms with E-state index in [4.69, 9.17) is 0 Å². The predicted molar refractivity (Wildman–Crippen MR) is 115 cm³/mol. The smallest absolute Gasteiger partial charge is 0.222 e. The van der Waals surface area contributed by atoms with E-state index >= 15 is 0 Å². The molecule has 0 saturated carbocycles. The minimum Gasteiger partial charge on any atom is -0.341 e. The second kappa shape index (κ2) is 8.67. The molecule has 2 aliphatic rings. The zero-order valence-corrected chi connectivity index (χ0v) is 17.8. The maximum atomic E-state index is 12.3. The van der Waals surface area contributed by atoms with E-state index in [1.807, 2.05) is 17.1 Å². The first kappa shape index (κ1) is 20.1. The van der Waals surface area contributed by atoms with Gasteiger partial charge in [0.1, 0.15) is 0 Å². The molecule has 1 aromatic heterocycles. The molecule has 3 heterocycles. The lowest BCUT2D eigenvalue weighted by atomic mass is 9.72. The van der Waals surface area contributed by atoms with Gasteiger partial charge in [0.2, 0.25) is 5.91 Å². The van der Waals surface area contributed by atoms with Gasteiger partial charge in [0.25, 0.3) is 0 Å². The Labute approximate surface area is 174 Å². The first-order valence-electron chi connectivity index (χ1n) is 10.8. The van der Waals surface area contributed by atoms with Crippen molar-refractivity contribution in [2.45, 2.75) is 32.2 Å². The third kappa shape index (κ3) is 4.87. The van der Waals surface area contributed by atoms with Crippen LogP contribution < -0.4 is 0 Å². The van der Waals surface area contributed by atoms with Crippen molar-refractivity contribution in [1.82, 2.24) is 24.3 Å². The lowest BCUT2D eigenvalue weighted by Crippen LogP contribution is -2.52. The number of benzene rings is 1. The molecule has 29 heavy (non-hydrogen) atoms. The summed E-state index contributed by atoms with van der Waals surface area (Å²) in [7, 11) is 4.15. The van der Waals surface area contributed by atoms with E-state index in [0.29, 0.717) is 11.3 Å². The van der Waals surface area contributed by atoms with E-state index < -0.39 is 0 Å². The summed E-state index contributed by atoms with van der Waals surface area (Å²) in [4.78, 5) is 23.3. The molecule has 2 saturated heterocycles. The standard InChI is InChI=1S/C23H33N5O/c1-25(2)15-16-27-18-23(8-7-22(27)29)9-12-26(13-10-23)17-20-3-5-21(6-4-20)28-14-11-24-19-28/h3-6,11,14,19H,7-10,12-13,15-18H2,1-2H3. The summed E-state index contributed by atoms with van der Waals surface area (Å²) in [6.07, 6.45) is 9.79. The highest BCUT2D eigenvalue weighted by molar-refractivity contribution is 5.77. The molecule has 0 N–H and O–H groups in total. The van der Waals surface area contributed by atoms with Crippen molar-refractivity contribution >= 4 is 5.91 Å². The van der Waals surface area contributed by atoms with Crippen LogP contribution in [-0.4, -0.2) is 77.0 Å². The number of likely N-dealkylation sites (tertiary alicyclic amines) is 2. The second-order valence-corrected chi connectivity index (χ2v) is 9.03. The van der Waals surface area contributed by atoms with Crippen LogP contribution in [0.15, 0.2) is 43.0 Å². The Morgan fingerprint density at radius 2 is 1.86 bits per heavy atom. The van der Waals surface area contributed by atoms with Crippen molar-refractivity contribution in [3.63, 3.8) is 0 Å². The molecule has 1 aromatic carbocycles. The minimum atomic E-state index is 0.335. The number of hydrogen-bond donors (Lipinski definition) is 0. The number of carbonyl (C=O) groups excluding carboxylic acids is 1. The third-order valence-electron chi connectivity index (χ3n) is 6.63. The van der Waals surface area contributed by atoms with E-state index in [1.54, 1.807) is 6.20 Å². The van der Waals surface area contributed by atoms with Crippen molar-refractivity contribution in [2.24, 2.45) is 5.41 Å². The summed E-state index contributed by atoms with van der Waals surface area (Å²) >= 11 is 0. The number of hydrogen-bond acceptors (Lipinski definition) is 4. The highest BCUT2D eigenvalue weighted by Gasteiger charge is 2.40. The summed E-state index contributed by atoms with van der Waals surface area (Å²) in [5.74, 6) is 0.345. The molecular weight excluding hydrogens is 362 g/mol.